The van der Waals surface area contributed by atoms with Crippen LogP contribution in [0.4, 0.5) is 5.13 Å². The Morgan fingerprint density at radius 1 is 1.46 bits per heavy atom. The number of carboxylic acids is 1. The van der Waals surface area contributed by atoms with E-state index in [9.17, 15) is 19.5 Å². The Balaban J connectivity index is 1.38. The van der Waals surface area contributed by atoms with Crippen LogP contribution in [0.1, 0.15) is 18.2 Å². The molecule has 13 nitrogen and oxygen atoms in total. The number of hydrogen-bond donors (Lipinski definition) is 3. The number of carboxylic acid groups (broad SMARTS) is 1. The van der Waals surface area contributed by atoms with Crippen LogP contribution in [0, 0.1) is 11.3 Å². The van der Waals surface area contributed by atoms with Gasteiger partial charge in [0.15, 0.2) is 10.8 Å². The molecule has 200 valence electrons. The number of nitrogens with zero attached hydrogens (tertiary/aromatic N) is 6. The van der Waals surface area contributed by atoms with Crippen LogP contribution in [0.5, 0.6) is 0 Å². The number of aliphatic carboxylic acids is 1. The summed E-state index contributed by atoms with van der Waals surface area (Å²) in [7, 11) is 0. The van der Waals surface area contributed by atoms with Gasteiger partial charge in [-0.2, -0.15) is 5.26 Å². The van der Waals surface area contributed by atoms with E-state index in [1.807, 2.05) is 4.57 Å². The van der Waals surface area contributed by atoms with Gasteiger partial charge in [-0.1, -0.05) is 28.1 Å². The van der Waals surface area contributed by atoms with Crippen molar-refractivity contribution in [2.75, 3.05) is 18.1 Å². The second-order valence-electron chi connectivity index (χ2n) is 8.37. The van der Waals surface area contributed by atoms with E-state index in [4.69, 9.17) is 27.4 Å². The summed E-state index contributed by atoms with van der Waals surface area (Å²) >= 11 is 8.46. The fourth-order valence-corrected chi connectivity index (χ4v) is 6.57. The first kappa shape index (κ1) is 26.5. The summed E-state index contributed by atoms with van der Waals surface area (Å²) in [6, 6.07) is 4.52. The number of hydrogen-bond acceptors (Lipinski definition) is 10. The predicted octanol–water partition coefficient (Wildman–Crippen LogP) is 0.970. The number of thioether (sulfide) groups is 1. The third-order valence-corrected chi connectivity index (χ3v) is 8.43. The third-order valence-electron chi connectivity index (χ3n) is 6.01. The Hall–Kier alpha value is -4.13. The summed E-state index contributed by atoms with van der Waals surface area (Å²) in [4.78, 5) is 48.8. The molecule has 0 aliphatic carbocycles. The summed E-state index contributed by atoms with van der Waals surface area (Å²) < 4.78 is 3.74. The van der Waals surface area contributed by atoms with E-state index in [1.165, 1.54) is 16.7 Å². The summed E-state index contributed by atoms with van der Waals surface area (Å²) in [5.74, 6) is -2.25. The molecule has 2 amide bonds. The number of halogens is 1. The average Bonchev–Trinajstić information content (AvgIpc) is 3.47. The summed E-state index contributed by atoms with van der Waals surface area (Å²) in [6.07, 6.45) is 5.21. The summed E-state index contributed by atoms with van der Waals surface area (Å²) in [5, 5.41) is 25.1. The van der Waals surface area contributed by atoms with Gasteiger partial charge >= 0.3 is 5.97 Å². The molecule has 0 bridgehead atoms. The van der Waals surface area contributed by atoms with Crippen molar-refractivity contribution in [3.8, 4) is 6.07 Å². The minimum Gasteiger partial charge on any atom is -0.477 e. The van der Waals surface area contributed by atoms with E-state index >= 15 is 0 Å². The van der Waals surface area contributed by atoms with Gasteiger partial charge in [-0.25, -0.2) is 18.7 Å². The van der Waals surface area contributed by atoms with Crippen molar-refractivity contribution >= 4 is 69.0 Å². The number of oxime groups is 1. The van der Waals surface area contributed by atoms with E-state index in [1.54, 1.807) is 42.0 Å². The second-order valence-corrected chi connectivity index (χ2v) is 11.1. The number of β-lactam (4-membered cyclic amide) rings is 1. The standard InChI is InChI=1S/C23H19ClN8O5S2/c1-2-37-29-15(14-18(24)39-23(26)28-14)19(33)27-16-20(34)32-17(22(35)36)12(10-38-21(16)32)9-31-6-5-30-8-11(7-25)3-4-13(30)31/h3-6,8,16,21H,2,9-10H2,1H3,(H3-,26,27,28,33,35,36)/p+1/b29-15-/t16-,21+/m1/s1. The van der Waals surface area contributed by atoms with Crippen molar-refractivity contribution in [1.29, 1.82) is 5.26 Å². The van der Waals surface area contributed by atoms with Crippen molar-refractivity contribution in [3.05, 3.63) is 57.6 Å². The highest BCUT2D eigenvalue weighted by Crippen LogP contribution is 2.40. The van der Waals surface area contributed by atoms with Crippen molar-refractivity contribution in [2.24, 2.45) is 5.16 Å². The Kier molecular flexibility index (Phi) is 7.17. The van der Waals surface area contributed by atoms with Crippen molar-refractivity contribution in [2.45, 2.75) is 24.9 Å². The molecule has 2 aliphatic rings. The molecular weight excluding hydrogens is 568 g/mol. The highest BCUT2D eigenvalue weighted by Gasteiger charge is 2.54. The topological polar surface area (TPSA) is 179 Å². The smallest absolute Gasteiger partial charge is 0.352 e. The predicted molar refractivity (Wildman–Crippen MR) is 142 cm³/mol. The number of thiazole rings is 1. The van der Waals surface area contributed by atoms with Crippen LogP contribution in [0.2, 0.25) is 4.34 Å². The lowest BCUT2D eigenvalue weighted by Crippen LogP contribution is -2.71. The molecule has 0 radical (unpaired) electrons. The lowest BCUT2D eigenvalue weighted by molar-refractivity contribution is -0.662. The van der Waals surface area contributed by atoms with Gasteiger partial charge in [-0.3, -0.25) is 14.5 Å². The van der Waals surface area contributed by atoms with Crippen LogP contribution in [0.3, 0.4) is 0 Å². The number of fused-ring (bicyclic) bond motifs is 2. The molecule has 2 atom stereocenters. The molecule has 3 aromatic heterocycles. The van der Waals surface area contributed by atoms with Gasteiger partial charge in [0, 0.05) is 17.4 Å². The zero-order chi connectivity index (χ0) is 27.8. The molecule has 16 heteroatoms. The molecule has 2 aliphatic heterocycles. The molecular formula is C23H20ClN8O5S2+. The number of carbonyl (C=O) groups is 3. The van der Waals surface area contributed by atoms with Crippen molar-refractivity contribution in [3.63, 3.8) is 0 Å². The lowest BCUT2D eigenvalue weighted by atomic mass is 10.0. The molecule has 0 aromatic carbocycles. The largest absolute Gasteiger partial charge is 0.477 e. The maximum Gasteiger partial charge on any atom is 0.352 e. The normalized spacial score (nSPS) is 18.9. The zero-order valence-corrected chi connectivity index (χ0v) is 22.6. The monoisotopic (exact) mass is 587 g/mol. The fourth-order valence-electron chi connectivity index (χ4n) is 4.31. The van der Waals surface area contributed by atoms with Gasteiger partial charge in [-0.05, 0) is 13.0 Å². The molecule has 0 spiro atoms. The first-order valence-electron chi connectivity index (χ1n) is 11.5. The third kappa shape index (κ3) is 4.78. The van der Waals surface area contributed by atoms with Gasteiger partial charge in [0.2, 0.25) is 0 Å². The van der Waals surface area contributed by atoms with Crippen LogP contribution in [-0.2, 0) is 25.8 Å². The number of rotatable bonds is 8. The Bertz CT molecular complexity index is 1620. The van der Waals surface area contributed by atoms with E-state index in [0.717, 1.165) is 17.0 Å². The zero-order valence-electron chi connectivity index (χ0n) is 20.2. The molecule has 39 heavy (non-hydrogen) atoms. The van der Waals surface area contributed by atoms with E-state index in [2.05, 4.69) is 21.5 Å². The first-order valence-corrected chi connectivity index (χ1v) is 13.7. The summed E-state index contributed by atoms with van der Waals surface area (Å²) in [6.45, 7) is 2.07. The molecule has 0 unspecified atom stereocenters. The minimum atomic E-state index is -1.24. The molecule has 3 aromatic rings. The highest BCUT2D eigenvalue weighted by molar-refractivity contribution is 8.00. The number of nitrogens with two attached hydrogens (primary N) is 1. The Morgan fingerprint density at radius 3 is 2.92 bits per heavy atom. The lowest BCUT2D eigenvalue weighted by Gasteiger charge is -2.49. The number of nitriles is 1. The second kappa shape index (κ2) is 10.6. The van der Waals surface area contributed by atoms with Gasteiger partial charge in [0.25, 0.3) is 17.5 Å². The SMILES string of the molecule is CCO/N=C(\C(=O)N[C@@H]1C(=O)N2C(C(=O)O)=C(C[n+]3ccn4cc(C#N)ccc43)CS[C@@H]12)c1nc(N)sc1Cl. The van der Waals surface area contributed by atoms with Crippen LogP contribution in [0.15, 0.2) is 47.1 Å². The summed E-state index contributed by atoms with van der Waals surface area (Å²) in [5.41, 5.74) is 7.14. The van der Waals surface area contributed by atoms with Gasteiger partial charge < -0.3 is 21.0 Å². The van der Waals surface area contributed by atoms with Gasteiger partial charge in [0.05, 0.1) is 5.56 Å². The van der Waals surface area contributed by atoms with Crippen LogP contribution in [0.25, 0.3) is 5.65 Å². The number of carbonyl (C=O) groups excluding carboxylic acids is 2. The molecule has 5 rings (SSSR count). The van der Waals surface area contributed by atoms with Crippen LogP contribution >= 0.6 is 34.7 Å². The number of pyridine rings is 1. The van der Waals surface area contributed by atoms with Gasteiger partial charge in [-0.15, -0.1) is 11.8 Å². The molecule has 4 N–H and O–H groups in total. The molecule has 1 fully saturated rings. The fraction of sp³-hybridized carbons (Fsp3) is 0.261. The van der Waals surface area contributed by atoms with E-state index < -0.39 is 29.2 Å². The first-order chi connectivity index (χ1) is 18.7. The maximum atomic E-state index is 13.1. The number of aromatic nitrogens is 3. The number of nitrogens with one attached hydrogen (secondary N) is 1. The highest BCUT2D eigenvalue weighted by atomic mass is 35.5. The number of nitrogen functional groups attached to an aromatic ring is 1. The molecule has 0 saturated carbocycles. The number of amides is 2. The Morgan fingerprint density at radius 2 is 2.26 bits per heavy atom. The average molecular weight is 588 g/mol. The van der Waals surface area contributed by atoms with Gasteiger partial charge in [0.1, 0.15) is 65.0 Å². The minimum absolute atomic E-state index is 0.0251. The van der Waals surface area contributed by atoms with E-state index in [-0.39, 0.29) is 39.7 Å². The van der Waals surface area contributed by atoms with E-state index in [0.29, 0.717) is 16.9 Å². The molecule has 5 heterocycles. The molecule has 1 saturated heterocycles. The number of anilines is 1. The van der Waals surface area contributed by atoms with Crippen molar-refractivity contribution in [1.82, 2.24) is 19.6 Å². The van der Waals surface area contributed by atoms with Crippen molar-refractivity contribution < 1.29 is 28.9 Å². The van der Waals surface area contributed by atoms with Crippen LogP contribution < -0.4 is 15.6 Å². The number of imidazole rings is 1. The maximum absolute atomic E-state index is 13.1. The quantitative estimate of drug-likeness (QED) is 0.150. The Labute approximate surface area is 234 Å². The van der Waals surface area contributed by atoms with Crippen LogP contribution in [-0.4, -0.2) is 66.7 Å².